The van der Waals surface area contributed by atoms with Gasteiger partial charge in [0.15, 0.2) is 23.8 Å². The molecule has 3 saturated heterocycles. The van der Waals surface area contributed by atoms with Gasteiger partial charge in [0.1, 0.15) is 22.3 Å². The number of aromatic nitrogens is 2. The minimum absolute atomic E-state index is 0.0284. The van der Waals surface area contributed by atoms with Gasteiger partial charge in [-0.2, -0.15) is 0 Å². The average Bonchev–Trinajstić information content (AvgIpc) is 1.49. The molecule has 8 aromatic rings. The van der Waals surface area contributed by atoms with Gasteiger partial charge < -0.3 is 73.0 Å². The summed E-state index contributed by atoms with van der Waals surface area (Å²) in [6.45, 7) is 17.4. The minimum atomic E-state index is -2.53. The first-order chi connectivity index (χ1) is 63.9. The highest BCUT2D eigenvalue weighted by Gasteiger charge is 2.83. The average molecular weight is 1810 g/mol. The van der Waals surface area contributed by atoms with Crippen LogP contribution in [0, 0.1) is 22.7 Å². The second-order valence-corrected chi connectivity index (χ2v) is 39.0. The van der Waals surface area contributed by atoms with E-state index in [2.05, 4.69) is 79.0 Å². The number of amides is 1. The van der Waals surface area contributed by atoms with Crippen LogP contribution in [0.3, 0.4) is 0 Å². The van der Waals surface area contributed by atoms with Gasteiger partial charge in [0.05, 0.1) is 66.0 Å². The van der Waals surface area contributed by atoms with E-state index in [4.69, 9.17) is 37.9 Å². The van der Waals surface area contributed by atoms with Crippen LogP contribution in [0.2, 0.25) is 0 Å². The number of rotatable bonds is 15. The van der Waals surface area contributed by atoms with Crippen molar-refractivity contribution in [2.45, 2.75) is 187 Å². The number of H-pyrrole nitrogens is 2. The van der Waals surface area contributed by atoms with E-state index in [9.17, 15) is 48.9 Å². The molecule has 28 heteroatoms. The van der Waals surface area contributed by atoms with E-state index in [0.717, 1.165) is 69.4 Å². The van der Waals surface area contributed by atoms with Crippen molar-refractivity contribution in [2.75, 3.05) is 118 Å². The fraction of sp³-hybridized carbons (Fsp3) is 0.476. The van der Waals surface area contributed by atoms with E-state index in [1.54, 1.807) is 61.7 Å². The molecule has 5 fully saturated rings. The summed E-state index contributed by atoms with van der Waals surface area (Å²) in [6.07, 6.45) is 13.5. The second kappa shape index (κ2) is 33.2. The molecule has 2 saturated carbocycles. The zero-order valence-electron chi connectivity index (χ0n) is 77.7. The molecule has 4 bridgehead atoms. The van der Waals surface area contributed by atoms with Gasteiger partial charge in [-0.3, -0.25) is 53.2 Å². The van der Waals surface area contributed by atoms with Gasteiger partial charge in [0, 0.05) is 191 Å². The predicted octanol–water partition coefficient (Wildman–Crippen LogP) is 10.7. The summed E-state index contributed by atoms with van der Waals surface area (Å²) in [4.78, 5) is 143. The van der Waals surface area contributed by atoms with E-state index in [-0.39, 0.29) is 41.8 Å². The lowest BCUT2D eigenvalue weighted by molar-refractivity contribution is -0.229. The number of carbonyl (C=O) groups is 9. The Morgan fingerprint density at radius 2 is 0.977 bits per heavy atom. The summed E-state index contributed by atoms with van der Waals surface area (Å²) in [6, 6.07) is 35.0. The number of ether oxygens (including phenoxy) is 8. The maximum atomic E-state index is 15.3. The molecule has 21 rings (SSSR count). The van der Waals surface area contributed by atoms with Crippen LogP contribution in [0.25, 0.3) is 21.8 Å². The maximum Gasteiger partial charge on any atom is 0.344 e. The number of likely N-dealkylation sites (N-methyl/N-ethyl adjacent to an activating group) is 1. The first-order valence-corrected chi connectivity index (χ1v) is 46.7. The SMILES string of the molecule is CCC1=CC2CN(C1)Cc1c([nH]c3ccccc13)[C@@](C(=O)OC)(c1cc3c(cc1OC)N(C)[C@H]1[C@@](O)(C(=O)OC)[C@H](OC(C)=O)[C@]4(CC)C=CCN5CC[C@]31[C@@H]54)C2.CC[C@]1(O)C[C@H]2CN(CCc3c([nH]c4ccccc34)[C@@](C(=O)OC)(c3cc4c(cc3OC)N(C=O)[C@H]3[C@@](O)(C(=O)OC)[C@H](OC(C)=O)[C@]5(CC)C=CCN6CC[C@]43[C@@H]65)C2)C1.O=C1c2ccccc2C(=O)c2ccccc21. The van der Waals surface area contributed by atoms with Crippen LogP contribution >= 0.6 is 0 Å². The van der Waals surface area contributed by atoms with Gasteiger partial charge in [-0.05, 0) is 136 Å². The molecule has 698 valence electrons. The predicted molar refractivity (Wildman–Crippen MR) is 494 cm³/mol. The quantitative estimate of drug-likeness (QED) is 0.0275. The third kappa shape index (κ3) is 12.7. The number of hydrogen-bond donors (Lipinski definition) is 5. The molecule has 133 heavy (non-hydrogen) atoms. The molecule has 0 radical (unpaired) electrons. The van der Waals surface area contributed by atoms with Crippen molar-refractivity contribution in [1.29, 1.82) is 0 Å². The molecule has 28 nitrogen and oxygen atoms in total. The van der Waals surface area contributed by atoms with Crippen LogP contribution in [0.1, 0.15) is 176 Å². The van der Waals surface area contributed by atoms with Crippen molar-refractivity contribution in [3.05, 3.63) is 224 Å². The number of aromatic amines is 2. The van der Waals surface area contributed by atoms with E-state index >= 15 is 9.59 Å². The maximum absolute atomic E-state index is 15.3. The number of methoxy groups -OCH3 is 6. The summed E-state index contributed by atoms with van der Waals surface area (Å²) in [5, 5.41) is 40.6. The van der Waals surface area contributed by atoms with E-state index < -0.39 is 109 Å². The molecule has 13 aliphatic rings. The molecule has 12 heterocycles. The number of nitrogens with zero attached hydrogens (tertiary/aromatic N) is 6. The van der Waals surface area contributed by atoms with Gasteiger partial charge in [-0.1, -0.05) is 149 Å². The molecule has 2 aromatic heterocycles. The minimum Gasteiger partial charge on any atom is -0.496 e. The Balaban J connectivity index is 0.000000147. The van der Waals surface area contributed by atoms with Gasteiger partial charge in [-0.15, -0.1) is 0 Å². The highest BCUT2D eigenvalue weighted by atomic mass is 16.6. The van der Waals surface area contributed by atoms with Crippen molar-refractivity contribution in [1.82, 2.24) is 29.6 Å². The van der Waals surface area contributed by atoms with Gasteiger partial charge in [0.2, 0.25) is 17.6 Å². The monoisotopic (exact) mass is 1810 g/mol. The Morgan fingerprint density at radius 3 is 1.46 bits per heavy atom. The number of aliphatic hydroxyl groups is 3. The molecule has 10 aliphatic heterocycles. The van der Waals surface area contributed by atoms with Crippen molar-refractivity contribution in [3.8, 4) is 11.5 Å². The molecule has 3 unspecified atom stereocenters. The third-order valence-electron chi connectivity index (χ3n) is 33.1. The molecule has 5 N–H and O–H groups in total. The normalized spacial score (nSPS) is 33.0. The topological polar surface area (TPSA) is 339 Å². The summed E-state index contributed by atoms with van der Waals surface area (Å²) in [5.41, 5.74) is -0.0795. The fourth-order valence-electron chi connectivity index (χ4n) is 28.3. The van der Waals surface area contributed by atoms with Crippen molar-refractivity contribution in [3.63, 3.8) is 0 Å². The molecule has 2 spiro atoms. The molecule has 19 atom stereocenters. The summed E-state index contributed by atoms with van der Waals surface area (Å²) >= 11 is 0. The van der Waals surface area contributed by atoms with E-state index in [1.165, 1.54) is 59.9 Å². The first-order valence-electron chi connectivity index (χ1n) is 46.7. The zero-order chi connectivity index (χ0) is 93.9. The fourth-order valence-corrected chi connectivity index (χ4v) is 28.3. The van der Waals surface area contributed by atoms with Crippen LogP contribution in [0.5, 0.6) is 11.5 Å². The molecular weight excluding hydrogens is 1690 g/mol. The van der Waals surface area contributed by atoms with Gasteiger partial charge >= 0.3 is 35.8 Å². The number of esters is 6. The van der Waals surface area contributed by atoms with Crippen LogP contribution in [0.4, 0.5) is 11.4 Å². The first kappa shape index (κ1) is 90.5. The lowest BCUT2D eigenvalue weighted by Gasteiger charge is -2.63. The van der Waals surface area contributed by atoms with E-state index in [0.29, 0.717) is 172 Å². The van der Waals surface area contributed by atoms with Crippen molar-refractivity contribution in [2.24, 2.45) is 22.7 Å². The number of fused-ring (bicyclic) bond motifs is 14. The van der Waals surface area contributed by atoms with E-state index in [1.807, 2.05) is 87.3 Å². The number of hydrogen-bond acceptors (Lipinski definition) is 25. The standard InChI is InChI=1S/C46H56N4O10.C45H54N4O8.C14H8O2/c1-7-42(55)22-28-23-45(40(53)58-5,36-30(14-18-48(24-28)25-42)29-12-9-10-13-33(29)47-36)32-20-31-34(21-35(32)57-4)50(26-51)38-44(31)16-19-49-17-11-15-43(8-2,37(44)49)39(60-27(3)52)46(38,56)41(54)59-6;1-8-27-19-28-22-44(40(51)55-6,36-30(25-48(23-27)24-28)29-13-10-11-14-33(29)46-36)32-20-31-34(21-35(32)54-5)47(4)38-43(31)16-18-49-17-12-15-42(9-2,37(43)49)39(57-26(3)50)45(38,53)41(52)56-7;15-13-9-5-1-2-6-10(9)14(16)12-8-4-3-7-11(12)13/h9-13,15,20-21,26,28,37-39,47,55-56H,7-8,14,16-19,22-25H2,1-6H3;10-15,19-21,28,37-39,46,53H,8-9,16-18,22-25H2,1-7H3;1-8H/t28-,37+,38-,39-,42+,43-,44-,45+,46+;28?,37-,38+,39+,42+,43+,44-,45-;/m10./s1. The summed E-state index contributed by atoms with van der Waals surface area (Å²) in [5.74, 6) is -3.50. The van der Waals surface area contributed by atoms with Crippen LogP contribution in [0.15, 0.2) is 157 Å². The van der Waals surface area contributed by atoms with Crippen LogP contribution in [-0.2, 0) is 96.6 Å². The number of ketones is 2. The lowest BCUT2D eigenvalue weighted by atomic mass is 9.47. The van der Waals surface area contributed by atoms with Crippen molar-refractivity contribution < 1.29 is 96.4 Å². The number of nitrogens with one attached hydrogen (secondary N) is 2. The largest absolute Gasteiger partial charge is 0.496 e. The highest BCUT2D eigenvalue weighted by molar-refractivity contribution is 6.28. The summed E-state index contributed by atoms with van der Waals surface area (Å²) < 4.78 is 47.6. The van der Waals surface area contributed by atoms with Gasteiger partial charge in [-0.25, -0.2) is 9.59 Å². The summed E-state index contributed by atoms with van der Waals surface area (Å²) in [7, 11) is 10.3. The zero-order valence-corrected chi connectivity index (χ0v) is 77.7. The Morgan fingerprint density at radius 1 is 0.511 bits per heavy atom. The van der Waals surface area contributed by atoms with Crippen LogP contribution < -0.4 is 19.3 Å². The second-order valence-electron chi connectivity index (χ2n) is 39.0. The number of piperidine rings is 1. The molecule has 6 aromatic carbocycles. The third-order valence-corrected chi connectivity index (χ3v) is 33.1. The van der Waals surface area contributed by atoms with Crippen molar-refractivity contribution >= 4 is 87.0 Å². The lowest BCUT2D eigenvalue weighted by Crippen LogP contribution is -2.81. The number of para-hydroxylation sites is 2. The molecule has 3 aliphatic carbocycles. The number of carbonyl (C=O) groups excluding carboxylic acids is 9. The number of anilines is 2. The Labute approximate surface area is 772 Å². The Kier molecular flexibility index (Phi) is 22.6. The highest BCUT2D eigenvalue weighted by Crippen LogP contribution is 2.71. The smallest absolute Gasteiger partial charge is 0.344 e. The molecule has 1 amide bonds. The Hall–Kier alpha value is -11.6. The van der Waals surface area contributed by atoms with Gasteiger partial charge in [0.25, 0.3) is 0 Å². The van der Waals surface area contributed by atoms with Crippen LogP contribution in [-0.4, -0.2) is 260 Å². The molecular formula is C105H118N8O20. The number of benzene rings is 6. The Bertz CT molecular complexity index is 6150.